The maximum absolute atomic E-state index is 13.6. The van der Waals surface area contributed by atoms with Gasteiger partial charge in [0, 0.05) is 6.42 Å². The zero-order valence-corrected chi connectivity index (χ0v) is 20.1. The van der Waals surface area contributed by atoms with Crippen molar-refractivity contribution in [3.63, 3.8) is 0 Å². The van der Waals surface area contributed by atoms with Crippen LogP contribution in [-0.2, 0) is 24.5 Å². The number of ether oxygens (including phenoxy) is 1. The lowest BCUT2D eigenvalue weighted by Crippen LogP contribution is -2.50. The molecule has 0 aliphatic heterocycles. The largest absolute Gasteiger partial charge is 0.466 e. The van der Waals surface area contributed by atoms with Gasteiger partial charge in [-0.2, -0.15) is 0 Å². The fourth-order valence-electron chi connectivity index (χ4n) is 4.53. The lowest BCUT2D eigenvalue weighted by molar-refractivity contribution is -0.144. The minimum atomic E-state index is -1.01. The van der Waals surface area contributed by atoms with Crippen molar-refractivity contribution in [2.45, 2.75) is 38.1 Å². The van der Waals surface area contributed by atoms with Crippen LogP contribution in [0.4, 0.5) is 0 Å². The summed E-state index contributed by atoms with van der Waals surface area (Å²) in [6.45, 7) is 3.66. The predicted molar refractivity (Wildman–Crippen MR) is 135 cm³/mol. The number of benzene rings is 3. The summed E-state index contributed by atoms with van der Waals surface area (Å²) in [6.07, 6.45) is 0.0177. The number of hydrogen-bond acceptors (Lipinski definition) is 4. The molecule has 2 amide bonds. The molecule has 0 fully saturated rings. The van der Waals surface area contributed by atoms with Gasteiger partial charge >= 0.3 is 5.97 Å². The Morgan fingerprint density at radius 2 is 1.26 bits per heavy atom. The van der Waals surface area contributed by atoms with Gasteiger partial charge < -0.3 is 15.8 Å². The van der Waals surface area contributed by atoms with E-state index in [9.17, 15) is 14.4 Å². The SMILES string of the molecule is CCOC(=O)C[C@@H](C)[C@H](NC(=O)CC(c1ccccc1)(c1ccccc1)c1ccccc1)C(N)=O. The number of nitrogens with one attached hydrogen (secondary N) is 1. The Morgan fingerprint density at radius 1 is 0.829 bits per heavy atom. The molecule has 0 aromatic heterocycles. The molecule has 0 saturated carbocycles. The molecule has 35 heavy (non-hydrogen) atoms. The molecule has 6 nitrogen and oxygen atoms in total. The highest BCUT2D eigenvalue weighted by Gasteiger charge is 2.39. The quantitative estimate of drug-likeness (QED) is 0.326. The molecule has 182 valence electrons. The van der Waals surface area contributed by atoms with Crippen LogP contribution in [-0.4, -0.2) is 30.4 Å². The first-order chi connectivity index (χ1) is 16.9. The third-order valence-corrected chi connectivity index (χ3v) is 6.21. The molecule has 0 aliphatic rings. The van der Waals surface area contributed by atoms with Crippen LogP contribution in [0.1, 0.15) is 43.4 Å². The van der Waals surface area contributed by atoms with Crippen LogP contribution in [0.5, 0.6) is 0 Å². The van der Waals surface area contributed by atoms with Crippen LogP contribution < -0.4 is 11.1 Å². The second-order valence-corrected chi connectivity index (χ2v) is 8.61. The van der Waals surface area contributed by atoms with Crippen molar-refractivity contribution >= 4 is 17.8 Å². The van der Waals surface area contributed by atoms with Crippen LogP contribution in [0.2, 0.25) is 0 Å². The summed E-state index contributed by atoms with van der Waals surface area (Å²) in [5.41, 5.74) is 7.66. The van der Waals surface area contributed by atoms with Crippen molar-refractivity contribution in [3.8, 4) is 0 Å². The number of esters is 1. The second-order valence-electron chi connectivity index (χ2n) is 8.61. The fraction of sp³-hybridized carbons (Fsp3) is 0.276. The van der Waals surface area contributed by atoms with Gasteiger partial charge in [0.2, 0.25) is 11.8 Å². The average Bonchev–Trinajstić information content (AvgIpc) is 2.87. The van der Waals surface area contributed by atoms with Gasteiger partial charge in [-0.1, -0.05) is 97.9 Å². The van der Waals surface area contributed by atoms with E-state index in [1.807, 2.05) is 91.0 Å². The van der Waals surface area contributed by atoms with E-state index in [0.29, 0.717) is 0 Å². The van der Waals surface area contributed by atoms with Crippen LogP contribution in [0.15, 0.2) is 91.0 Å². The zero-order chi connectivity index (χ0) is 25.3. The van der Waals surface area contributed by atoms with E-state index in [1.54, 1.807) is 13.8 Å². The third-order valence-electron chi connectivity index (χ3n) is 6.21. The molecular weight excluding hydrogens is 440 g/mol. The summed E-state index contributed by atoms with van der Waals surface area (Å²) in [6, 6.07) is 28.5. The van der Waals surface area contributed by atoms with Crippen LogP contribution in [0.25, 0.3) is 0 Å². The van der Waals surface area contributed by atoms with Crippen molar-refractivity contribution in [2.24, 2.45) is 11.7 Å². The molecule has 3 aromatic rings. The minimum absolute atomic E-state index is 0.0249. The van der Waals surface area contributed by atoms with Crippen LogP contribution in [0.3, 0.4) is 0 Å². The first-order valence-corrected chi connectivity index (χ1v) is 11.8. The van der Waals surface area contributed by atoms with E-state index in [1.165, 1.54) is 0 Å². The van der Waals surface area contributed by atoms with Gasteiger partial charge in [0.15, 0.2) is 0 Å². The fourth-order valence-corrected chi connectivity index (χ4v) is 4.53. The number of rotatable bonds is 11. The first kappa shape index (κ1) is 25.7. The number of primary amides is 1. The predicted octanol–water partition coefficient (Wildman–Crippen LogP) is 3.97. The Kier molecular flexibility index (Phi) is 8.79. The lowest BCUT2D eigenvalue weighted by atomic mass is 9.67. The second kappa shape index (κ2) is 12.0. The van der Waals surface area contributed by atoms with Gasteiger partial charge in [0.05, 0.1) is 18.4 Å². The van der Waals surface area contributed by atoms with Crippen LogP contribution >= 0.6 is 0 Å². The molecule has 6 heteroatoms. The summed E-state index contributed by atoms with van der Waals surface area (Å²) in [4.78, 5) is 37.8. The van der Waals surface area contributed by atoms with E-state index in [0.717, 1.165) is 16.7 Å². The average molecular weight is 473 g/mol. The molecule has 0 bridgehead atoms. The smallest absolute Gasteiger partial charge is 0.306 e. The molecule has 0 unspecified atom stereocenters. The zero-order valence-electron chi connectivity index (χ0n) is 20.1. The van der Waals surface area contributed by atoms with E-state index in [4.69, 9.17) is 10.5 Å². The normalized spacial score (nSPS) is 12.9. The topological polar surface area (TPSA) is 98.5 Å². The number of hydrogen-bond donors (Lipinski definition) is 2. The lowest BCUT2D eigenvalue weighted by Gasteiger charge is -2.36. The van der Waals surface area contributed by atoms with Crippen molar-refractivity contribution in [3.05, 3.63) is 108 Å². The first-order valence-electron chi connectivity index (χ1n) is 11.8. The van der Waals surface area contributed by atoms with Crippen molar-refractivity contribution in [1.82, 2.24) is 5.32 Å². The van der Waals surface area contributed by atoms with Gasteiger partial charge in [-0.05, 0) is 29.5 Å². The molecular formula is C29H32N2O4. The number of nitrogens with two attached hydrogens (primary N) is 1. The molecule has 0 radical (unpaired) electrons. The molecule has 3 rings (SSSR count). The van der Waals surface area contributed by atoms with Crippen molar-refractivity contribution in [2.75, 3.05) is 6.61 Å². The third kappa shape index (κ3) is 6.15. The molecule has 2 atom stereocenters. The van der Waals surface area contributed by atoms with Gasteiger partial charge in [-0.3, -0.25) is 14.4 Å². The van der Waals surface area contributed by atoms with E-state index >= 15 is 0 Å². The molecule has 0 saturated heterocycles. The maximum atomic E-state index is 13.6. The molecule has 0 heterocycles. The number of amides is 2. The van der Waals surface area contributed by atoms with Crippen LogP contribution in [0, 0.1) is 5.92 Å². The Morgan fingerprint density at radius 3 is 1.63 bits per heavy atom. The molecule has 3 aromatic carbocycles. The Labute approximate surface area is 206 Å². The van der Waals surface area contributed by atoms with Crippen molar-refractivity contribution < 1.29 is 19.1 Å². The Hall–Kier alpha value is -3.93. The highest BCUT2D eigenvalue weighted by Crippen LogP contribution is 2.42. The van der Waals surface area contributed by atoms with E-state index < -0.39 is 29.3 Å². The van der Waals surface area contributed by atoms with Gasteiger partial charge in [-0.15, -0.1) is 0 Å². The van der Waals surface area contributed by atoms with Gasteiger partial charge in [-0.25, -0.2) is 0 Å². The summed E-state index contributed by atoms with van der Waals surface area (Å²) >= 11 is 0. The van der Waals surface area contributed by atoms with Gasteiger partial charge in [0.1, 0.15) is 6.04 Å². The molecule has 0 aliphatic carbocycles. The van der Waals surface area contributed by atoms with Crippen molar-refractivity contribution in [1.29, 1.82) is 0 Å². The summed E-state index contributed by atoms with van der Waals surface area (Å²) in [5, 5.41) is 2.81. The minimum Gasteiger partial charge on any atom is -0.466 e. The highest BCUT2D eigenvalue weighted by molar-refractivity contribution is 5.88. The summed E-state index contributed by atoms with van der Waals surface area (Å²) in [5.74, 6) is -2.00. The summed E-state index contributed by atoms with van der Waals surface area (Å²) < 4.78 is 5.00. The highest BCUT2D eigenvalue weighted by atomic mass is 16.5. The molecule has 3 N–H and O–H groups in total. The standard InChI is InChI=1S/C29H32N2O4/c1-3-35-26(33)19-21(2)27(28(30)34)31-25(32)20-29(22-13-7-4-8-14-22,23-15-9-5-10-16-23)24-17-11-6-12-18-24/h4-18,21,27H,3,19-20H2,1-2H3,(H2,30,34)(H,31,32)/t21-,27+/m1/s1. The number of carbonyl (C=O) groups is 3. The Bertz CT molecular complexity index is 1020. The van der Waals surface area contributed by atoms with E-state index in [-0.39, 0.29) is 25.4 Å². The monoisotopic (exact) mass is 472 g/mol. The number of carbonyl (C=O) groups excluding carboxylic acids is 3. The van der Waals surface area contributed by atoms with Gasteiger partial charge in [0.25, 0.3) is 0 Å². The summed E-state index contributed by atoms with van der Waals surface area (Å²) in [7, 11) is 0. The van der Waals surface area contributed by atoms with E-state index in [2.05, 4.69) is 5.32 Å². The molecule has 0 spiro atoms. The Balaban J connectivity index is 2.01. The maximum Gasteiger partial charge on any atom is 0.306 e.